The maximum Gasteiger partial charge on any atom is 0.0888 e. The van der Waals surface area contributed by atoms with E-state index in [0.29, 0.717) is 0 Å². The molecule has 0 radical (unpaired) electrons. The Morgan fingerprint density at radius 1 is 0.350 bits per heavy atom. The quantitative estimate of drug-likeness (QED) is 0.0902. The molecule has 6 N–H and O–H groups in total. The Bertz CT molecular complexity index is 5890. The van der Waals surface area contributed by atoms with Crippen molar-refractivity contribution in [1.29, 1.82) is 0 Å². The number of aromatic nitrogens is 6. The standard InChI is InChI=1S/C90H80N10/c1-45-35-49(5)77(50(6)36-45)85-69-29-23-63(93-69)81(57-15-19-59(91-13)20-16-57)65-25-31-73(95-65)87(79-53(9)39-47(3)40-54(79)10)76-44-62-84-68-28-34-72(98-68)86(78-51(7)37-46(2)38-52(78)8)70-30-24-64(94-70)82(58-17-21-60(92-14)22-18-58)66-26-32-74(96-66)88(80-55(11)41-48(4)42-56(80)12)75-43-61(90(84)100-75)83(89(62)99-76)67-27-33-71(85)97-67/h15-44,83,89,91-92,95-98H,1-14H3/b81-65-,82-64?,82-66?,84-68?,85-69+,86-70?,86-72?,87-73+,88-74?,88-75?. The fourth-order valence-electron chi connectivity index (χ4n) is 17.5. The molecule has 5 aliphatic heterocycles. The third-order valence-electron chi connectivity index (χ3n) is 21.3. The lowest BCUT2D eigenvalue weighted by molar-refractivity contribution is 0.733. The molecule has 5 aromatic heterocycles. The number of rotatable bonds is 8. The van der Waals surface area contributed by atoms with Gasteiger partial charge in [-0.05, 0) is 281 Å². The minimum atomic E-state index is -0.430. The highest BCUT2D eigenvalue weighted by Crippen LogP contribution is 2.55. The summed E-state index contributed by atoms with van der Waals surface area (Å²) in [7, 11) is 3.93. The van der Waals surface area contributed by atoms with Gasteiger partial charge < -0.3 is 30.6 Å². The maximum atomic E-state index is 6.27. The predicted molar refractivity (Wildman–Crippen MR) is 420 cm³/mol. The first-order valence-corrected chi connectivity index (χ1v) is 34.9. The van der Waals surface area contributed by atoms with Gasteiger partial charge in [0.1, 0.15) is 0 Å². The molecule has 10 heterocycles. The number of hydrogen-bond donors (Lipinski definition) is 6. The van der Waals surface area contributed by atoms with E-state index in [4.69, 9.17) is 20.0 Å². The smallest absolute Gasteiger partial charge is 0.0888 e. The number of allylic oxidation sites excluding steroid dienone is 3. The number of aryl methyl sites for hydroxylation is 12. The molecule has 11 aromatic rings. The second-order valence-electron chi connectivity index (χ2n) is 28.5. The lowest BCUT2D eigenvalue weighted by Gasteiger charge is -2.31. The summed E-state index contributed by atoms with van der Waals surface area (Å²) in [6, 6.07) is 53.5. The van der Waals surface area contributed by atoms with Gasteiger partial charge in [0.15, 0.2) is 0 Å². The van der Waals surface area contributed by atoms with Crippen LogP contribution in [0.3, 0.4) is 0 Å². The predicted octanol–water partition coefficient (Wildman–Crippen LogP) is 19.4. The van der Waals surface area contributed by atoms with Crippen LogP contribution in [0.5, 0.6) is 0 Å². The van der Waals surface area contributed by atoms with Crippen molar-refractivity contribution in [3.05, 3.63) is 303 Å². The van der Waals surface area contributed by atoms with Gasteiger partial charge >= 0.3 is 0 Å². The third kappa shape index (κ3) is 10.0. The van der Waals surface area contributed by atoms with E-state index < -0.39 is 6.04 Å². The molecular formula is C90H80N10. The van der Waals surface area contributed by atoms with Crippen LogP contribution < -0.4 is 21.3 Å². The molecule has 490 valence electrons. The number of nitrogens with one attached hydrogen (secondary N) is 6. The summed E-state index contributed by atoms with van der Waals surface area (Å²) in [5.41, 5.74) is 44.4. The van der Waals surface area contributed by atoms with Gasteiger partial charge in [0, 0.05) is 109 Å². The van der Waals surface area contributed by atoms with Gasteiger partial charge in [-0.3, -0.25) is 4.99 Å². The van der Waals surface area contributed by atoms with E-state index in [1.807, 2.05) is 14.1 Å². The van der Waals surface area contributed by atoms with Crippen LogP contribution in [0.15, 0.2) is 180 Å². The fraction of sp³-hybridized carbons (Fsp3) is 0.178. The number of aromatic amines is 4. The molecule has 10 heteroatoms. The van der Waals surface area contributed by atoms with Gasteiger partial charge in [-0.1, -0.05) is 95.1 Å². The van der Waals surface area contributed by atoms with E-state index in [2.05, 4.69) is 296 Å². The van der Waals surface area contributed by atoms with Gasteiger partial charge in [0.25, 0.3) is 0 Å². The summed E-state index contributed by atoms with van der Waals surface area (Å²) >= 11 is 0. The van der Waals surface area contributed by atoms with Crippen LogP contribution in [-0.4, -0.2) is 61.5 Å². The molecule has 0 fully saturated rings. The molecular weight excluding hydrogens is 1220 g/mol. The molecule has 16 bridgehead atoms. The highest BCUT2D eigenvalue weighted by atomic mass is 14.9. The van der Waals surface area contributed by atoms with Crippen molar-refractivity contribution in [2.45, 2.75) is 95.0 Å². The number of benzene rings is 6. The van der Waals surface area contributed by atoms with Gasteiger partial charge in [-0.2, -0.15) is 0 Å². The summed E-state index contributed by atoms with van der Waals surface area (Å²) in [6.45, 7) is 26.7. The van der Waals surface area contributed by atoms with E-state index in [1.54, 1.807) is 0 Å². The van der Waals surface area contributed by atoms with Crippen LogP contribution in [0.2, 0.25) is 0 Å². The van der Waals surface area contributed by atoms with Crippen LogP contribution in [0, 0.1) is 83.1 Å². The molecule has 2 atom stereocenters. The van der Waals surface area contributed by atoms with Gasteiger partial charge in [-0.25, -0.2) is 15.0 Å². The SMILES string of the molecule is CNc1ccc(/C2=c3\cc/c([nH]3)=C(\c3c(C)cc(C)cc3C)C3=NC4C(=C3)c3c5nc(c(-c6c(C)cc(C)cc6C)c6ccc([nH]6)c(-c6ccc(NC)cc6)c6nc(c(-c7c(C)cc(C)cc7C)c7ccc3[nH]7)C=C6)C=C5C4c3ccc([nH]3)/C(c3c(C)cc(C)cc3C)=C3/C=CC2=N3)cc1. The summed E-state index contributed by atoms with van der Waals surface area (Å²) < 4.78 is 0. The van der Waals surface area contributed by atoms with Crippen LogP contribution in [-0.2, 0) is 0 Å². The molecule has 2 unspecified atom stereocenters. The number of anilines is 2. The number of nitrogens with zero attached hydrogens (tertiary/aromatic N) is 4. The van der Waals surface area contributed by atoms with Crippen molar-refractivity contribution < 1.29 is 0 Å². The minimum Gasteiger partial charge on any atom is -0.388 e. The monoisotopic (exact) mass is 1300 g/mol. The maximum absolute atomic E-state index is 6.27. The Labute approximate surface area is 584 Å². The summed E-state index contributed by atoms with van der Waals surface area (Å²) in [4.78, 5) is 40.6. The number of aliphatic imine (C=N–C) groups is 2. The van der Waals surface area contributed by atoms with Crippen LogP contribution in [0.25, 0.3) is 102 Å². The van der Waals surface area contributed by atoms with Gasteiger partial charge in [0.05, 0.1) is 51.9 Å². The zero-order chi connectivity index (χ0) is 68.8. The lowest BCUT2D eigenvalue weighted by atomic mass is 9.75. The van der Waals surface area contributed by atoms with Crippen LogP contribution in [0.4, 0.5) is 11.4 Å². The first kappa shape index (κ1) is 61.9. The largest absolute Gasteiger partial charge is 0.388 e. The second kappa shape index (κ2) is 23.6. The molecule has 0 saturated carbocycles. The van der Waals surface area contributed by atoms with E-state index in [0.717, 1.165) is 179 Å². The van der Waals surface area contributed by atoms with Crippen molar-refractivity contribution in [3.8, 4) is 33.4 Å². The Kier molecular flexibility index (Phi) is 14.6. The first-order valence-electron chi connectivity index (χ1n) is 34.9. The van der Waals surface area contributed by atoms with Crippen molar-refractivity contribution in [2.75, 3.05) is 24.7 Å². The highest BCUT2D eigenvalue weighted by Gasteiger charge is 2.45. The minimum absolute atomic E-state index is 0.347. The van der Waals surface area contributed by atoms with E-state index in [-0.39, 0.29) is 5.92 Å². The second-order valence-corrected chi connectivity index (χ2v) is 28.5. The normalized spacial score (nSPS) is 17.6. The fourth-order valence-corrected chi connectivity index (χ4v) is 17.5. The topological polar surface area (TPSA) is 138 Å². The van der Waals surface area contributed by atoms with Gasteiger partial charge in [-0.15, -0.1) is 0 Å². The molecule has 0 saturated heterocycles. The molecule has 1 aliphatic carbocycles. The van der Waals surface area contributed by atoms with E-state index in [1.165, 1.54) is 66.8 Å². The average Bonchev–Trinajstić information content (AvgIpc) is 1.55. The molecule has 10 nitrogen and oxygen atoms in total. The molecule has 0 spiro atoms. The summed E-state index contributed by atoms with van der Waals surface area (Å²) in [6.07, 6.45) is 13.6. The average molecular weight is 1300 g/mol. The summed E-state index contributed by atoms with van der Waals surface area (Å²) in [5.74, 6) is -0.347. The number of H-pyrrole nitrogens is 4. The molecule has 6 aliphatic rings. The lowest BCUT2D eigenvalue weighted by Crippen LogP contribution is -2.24. The van der Waals surface area contributed by atoms with Crippen molar-refractivity contribution >= 4 is 91.0 Å². The van der Waals surface area contributed by atoms with Crippen molar-refractivity contribution in [3.63, 3.8) is 0 Å². The van der Waals surface area contributed by atoms with Crippen LogP contribution in [0.1, 0.15) is 129 Å². The highest BCUT2D eigenvalue weighted by molar-refractivity contribution is 6.34. The number of fused-ring (bicyclic) bond motifs is 16. The Morgan fingerprint density at radius 3 is 1.36 bits per heavy atom. The van der Waals surface area contributed by atoms with Crippen molar-refractivity contribution in [2.24, 2.45) is 9.98 Å². The van der Waals surface area contributed by atoms with Crippen LogP contribution >= 0.6 is 0 Å². The zero-order valence-corrected chi connectivity index (χ0v) is 59.3. The summed E-state index contributed by atoms with van der Waals surface area (Å²) in [5, 5.41) is 8.61. The Morgan fingerprint density at radius 2 is 0.820 bits per heavy atom. The molecule has 0 amide bonds. The van der Waals surface area contributed by atoms with E-state index in [9.17, 15) is 0 Å². The van der Waals surface area contributed by atoms with Gasteiger partial charge in [0.2, 0.25) is 0 Å². The molecule has 100 heavy (non-hydrogen) atoms. The Hall–Kier alpha value is -11.6. The number of hydrogen-bond acceptors (Lipinski definition) is 6. The third-order valence-corrected chi connectivity index (χ3v) is 21.3. The zero-order valence-electron chi connectivity index (χ0n) is 59.3. The van der Waals surface area contributed by atoms with Crippen molar-refractivity contribution in [1.82, 2.24) is 29.9 Å². The molecule has 17 rings (SSSR count). The molecule has 6 aromatic carbocycles. The first-order chi connectivity index (χ1) is 48.4. The van der Waals surface area contributed by atoms with E-state index >= 15 is 0 Å². The Balaban J connectivity index is 1.05.